The van der Waals surface area contributed by atoms with E-state index in [0.717, 1.165) is 94.8 Å². The molecule has 0 heterocycles. The third kappa shape index (κ3) is 7.28. The van der Waals surface area contributed by atoms with E-state index < -0.39 is 0 Å². The van der Waals surface area contributed by atoms with Crippen molar-refractivity contribution in [1.82, 2.24) is 0 Å². The van der Waals surface area contributed by atoms with E-state index >= 15 is 0 Å². The molecule has 4 heteroatoms. The first-order valence-corrected chi connectivity index (χ1v) is 22.6. The van der Waals surface area contributed by atoms with Crippen LogP contribution in [0.3, 0.4) is 0 Å². The van der Waals surface area contributed by atoms with Crippen molar-refractivity contribution in [1.29, 1.82) is 10.5 Å². The molecule has 0 aromatic heterocycles. The second-order valence-electron chi connectivity index (χ2n) is 18.7. The molecule has 0 atom stereocenters. The Morgan fingerprint density at radius 2 is 0.758 bits per heavy atom. The molecule has 0 aliphatic carbocycles. The van der Waals surface area contributed by atoms with Gasteiger partial charge in [0.1, 0.15) is 0 Å². The lowest BCUT2D eigenvalue weighted by atomic mass is 9.83. The highest BCUT2D eigenvalue weighted by molar-refractivity contribution is 6.29. The fourth-order valence-corrected chi connectivity index (χ4v) is 9.62. The molecule has 0 fully saturated rings. The number of rotatable bonds is 8. The SMILES string of the molecule is Cc1ccc(C#N)cc1N(c1cc(-c2ccccc2)ccc1C)c1cc(N(c2cc(C#N)ccc2C)c2cc(-c3ccccc3)ccc2C)c2ccc3cc(C(C)(C)C)cc4ccc1c2c43. The maximum atomic E-state index is 10.4. The highest BCUT2D eigenvalue weighted by Gasteiger charge is 2.28. The van der Waals surface area contributed by atoms with Crippen molar-refractivity contribution in [3.63, 3.8) is 0 Å². The van der Waals surface area contributed by atoms with Crippen LogP contribution in [0.5, 0.6) is 0 Å². The minimum Gasteiger partial charge on any atom is -0.309 e. The van der Waals surface area contributed by atoms with E-state index in [4.69, 9.17) is 0 Å². The van der Waals surface area contributed by atoms with E-state index in [9.17, 15) is 10.5 Å². The number of nitriles is 2. The van der Waals surface area contributed by atoms with Gasteiger partial charge in [-0.25, -0.2) is 0 Å². The lowest BCUT2D eigenvalue weighted by Crippen LogP contribution is -2.17. The summed E-state index contributed by atoms with van der Waals surface area (Å²) in [6.07, 6.45) is 0. The lowest BCUT2D eigenvalue weighted by molar-refractivity contribution is 0.591. The summed E-state index contributed by atoms with van der Waals surface area (Å²) < 4.78 is 0. The first-order chi connectivity index (χ1) is 31.9. The maximum absolute atomic E-state index is 10.4. The number of anilines is 6. The molecule has 10 rings (SSSR count). The van der Waals surface area contributed by atoms with Gasteiger partial charge in [0, 0.05) is 27.5 Å². The predicted octanol–water partition coefficient (Wildman–Crippen LogP) is 17.1. The van der Waals surface area contributed by atoms with Crippen molar-refractivity contribution in [3.05, 3.63) is 215 Å². The molecule has 66 heavy (non-hydrogen) atoms. The molecule has 0 saturated carbocycles. The Morgan fingerprint density at radius 1 is 0.364 bits per heavy atom. The molecule has 4 nitrogen and oxygen atoms in total. The van der Waals surface area contributed by atoms with E-state index in [1.54, 1.807) is 0 Å². The first kappa shape index (κ1) is 41.8. The normalized spacial score (nSPS) is 11.5. The van der Waals surface area contributed by atoms with Crippen LogP contribution in [-0.4, -0.2) is 0 Å². The predicted molar refractivity (Wildman–Crippen MR) is 277 cm³/mol. The molecule has 0 amide bonds. The van der Waals surface area contributed by atoms with Crippen molar-refractivity contribution in [2.24, 2.45) is 0 Å². The van der Waals surface area contributed by atoms with Gasteiger partial charge in [0.2, 0.25) is 0 Å². The molecule has 10 aromatic carbocycles. The van der Waals surface area contributed by atoms with Gasteiger partial charge in [-0.05, 0) is 142 Å². The minimum absolute atomic E-state index is 0.0520. The average Bonchev–Trinajstić information content (AvgIpc) is 3.33. The van der Waals surface area contributed by atoms with Crippen molar-refractivity contribution < 1.29 is 0 Å². The zero-order chi connectivity index (χ0) is 45.9. The Morgan fingerprint density at radius 3 is 1.15 bits per heavy atom. The number of aryl methyl sites for hydroxylation is 4. The summed E-state index contributed by atoms with van der Waals surface area (Å²) in [5.74, 6) is 0. The third-order valence-corrected chi connectivity index (χ3v) is 13.3. The zero-order valence-corrected chi connectivity index (χ0v) is 38.5. The van der Waals surface area contributed by atoms with Gasteiger partial charge in [-0.2, -0.15) is 10.5 Å². The van der Waals surface area contributed by atoms with Crippen LogP contribution < -0.4 is 9.80 Å². The number of nitrogens with zero attached hydrogens (tertiary/aromatic N) is 4. The summed E-state index contributed by atoms with van der Waals surface area (Å²) in [7, 11) is 0. The number of benzene rings is 10. The van der Waals surface area contributed by atoms with Gasteiger partial charge >= 0.3 is 0 Å². The van der Waals surface area contributed by atoms with Gasteiger partial charge in [-0.15, -0.1) is 0 Å². The van der Waals surface area contributed by atoms with Crippen LogP contribution in [0.1, 0.15) is 59.7 Å². The maximum Gasteiger partial charge on any atom is 0.0992 e. The van der Waals surface area contributed by atoms with Crippen molar-refractivity contribution in [3.8, 4) is 34.4 Å². The molecule has 0 unspecified atom stereocenters. The summed E-state index contributed by atoms with van der Waals surface area (Å²) in [4.78, 5) is 4.77. The fourth-order valence-electron chi connectivity index (χ4n) is 9.62. The van der Waals surface area contributed by atoms with Crippen LogP contribution in [0.25, 0.3) is 54.6 Å². The van der Waals surface area contributed by atoms with Gasteiger partial charge < -0.3 is 9.80 Å². The Labute approximate surface area is 388 Å². The second kappa shape index (κ2) is 16.4. The summed E-state index contributed by atoms with van der Waals surface area (Å²) in [6.45, 7) is 15.4. The topological polar surface area (TPSA) is 54.1 Å². The molecule has 0 bridgehead atoms. The Balaban J connectivity index is 1.39. The van der Waals surface area contributed by atoms with Crippen LogP contribution in [0.2, 0.25) is 0 Å². The molecule has 0 spiro atoms. The Kier molecular flexibility index (Phi) is 10.4. The van der Waals surface area contributed by atoms with Crippen molar-refractivity contribution in [2.75, 3.05) is 9.80 Å². The van der Waals surface area contributed by atoms with Gasteiger partial charge in [0.05, 0.1) is 46.0 Å². The van der Waals surface area contributed by atoms with Crippen LogP contribution in [0.15, 0.2) is 176 Å². The highest BCUT2D eigenvalue weighted by Crippen LogP contribution is 2.53. The van der Waals surface area contributed by atoms with Gasteiger partial charge in [-0.3, -0.25) is 0 Å². The van der Waals surface area contributed by atoms with E-state index in [1.165, 1.54) is 21.7 Å². The molecule has 0 saturated heterocycles. The minimum atomic E-state index is -0.0520. The van der Waals surface area contributed by atoms with Crippen LogP contribution in [0, 0.1) is 50.4 Å². The van der Waals surface area contributed by atoms with E-state index in [0.29, 0.717) is 11.1 Å². The largest absolute Gasteiger partial charge is 0.309 e. The van der Waals surface area contributed by atoms with Gasteiger partial charge in [0.15, 0.2) is 0 Å². The standard InChI is InChI=1S/C62H50N4/c1-39-18-22-43(37-63)30-54(39)65(56-34-47(24-20-41(56)3)45-14-10-8-11-15-45)58-36-59(53-29-27-50-33-51(62(5,6)7)32-49-26-28-52(58)61(53)60(49)50)66(55-31-44(38-64)23-19-40(55)2)57-35-48(25-21-42(57)4)46-16-12-9-13-17-46/h8-36H,1-7H3. The smallest absolute Gasteiger partial charge is 0.0992 e. The van der Waals surface area contributed by atoms with Crippen molar-refractivity contribution >= 4 is 66.4 Å². The van der Waals surface area contributed by atoms with E-state index in [1.807, 2.05) is 24.3 Å². The van der Waals surface area contributed by atoms with Gasteiger partial charge in [-0.1, -0.05) is 154 Å². The molecular formula is C62H50N4. The Bertz CT molecular complexity index is 3360. The molecule has 318 valence electrons. The van der Waals surface area contributed by atoms with E-state index in [2.05, 4.69) is 222 Å². The van der Waals surface area contributed by atoms with E-state index in [-0.39, 0.29) is 5.41 Å². The summed E-state index contributed by atoms with van der Waals surface area (Å²) in [6, 6.07) is 67.6. The number of hydrogen-bond donors (Lipinski definition) is 0. The number of hydrogen-bond acceptors (Lipinski definition) is 4. The second-order valence-corrected chi connectivity index (χ2v) is 18.7. The monoisotopic (exact) mass is 850 g/mol. The fraction of sp³-hybridized carbons (Fsp3) is 0.129. The molecule has 0 N–H and O–H groups in total. The summed E-state index contributed by atoms with van der Waals surface area (Å²) in [5, 5.41) is 27.8. The van der Waals surface area contributed by atoms with Crippen LogP contribution in [-0.2, 0) is 5.41 Å². The summed E-state index contributed by atoms with van der Waals surface area (Å²) >= 11 is 0. The molecule has 0 aliphatic heterocycles. The molecular weight excluding hydrogens is 801 g/mol. The average molecular weight is 851 g/mol. The lowest BCUT2D eigenvalue weighted by Gasteiger charge is -2.35. The molecule has 0 radical (unpaired) electrons. The third-order valence-electron chi connectivity index (χ3n) is 13.3. The van der Waals surface area contributed by atoms with Crippen LogP contribution >= 0.6 is 0 Å². The highest BCUT2D eigenvalue weighted by atomic mass is 15.2. The Hall–Kier alpha value is -8.18. The molecule has 0 aliphatic rings. The molecule has 10 aromatic rings. The van der Waals surface area contributed by atoms with Crippen molar-refractivity contribution in [2.45, 2.75) is 53.9 Å². The summed E-state index contributed by atoms with van der Waals surface area (Å²) in [5.41, 5.74) is 17.0. The first-order valence-electron chi connectivity index (χ1n) is 22.6. The zero-order valence-electron chi connectivity index (χ0n) is 38.5. The quantitative estimate of drug-likeness (QED) is 0.143. The van der Waals surface area contributed by atoms with Crippen LogP contribution in [0.4, 0.5) is 34.1 Å². The van der Waals surface area contributed by atoms with Gasteiger partial charge in [0.25, 0.3) is 0 Å².